The summed E-state index contributed by atoms with van der Waals surface area (Å²) in [5.41, 5.74) is 0.641. The summed E-state index contributed by atoms with van der Waals surface area (Å²) < 4.78 is 13.5. The largest absolute Gasteiger partial charge is 0.478 e. The van der Waals surface area contributed by atoms with E-state index in [1.165, 1.54) is 12.3 Å². The Labute approximate surface area is 114 Å². The minimum Gasteiger partial charge on any atom is -0.478 e. The molecular formula is C14H11FN2O3. The highest BCUT2D eigenvalue weighted by Crippen LogP contribution is 2.16. The molecule has 6 heteroatoms. The molecule has 1 aromatic carbocycles. The van der Waals surface area contributed by atoms with Gasteiger partial charge < -0.3 is 10.4 Å². The van der Waals surface area contributed by atoms with Crippen molar-refractivity contribution < 1.29 is 19.1 Å². The molecule has 1 heterocycles. The van der Waals surface area contributed by atoms with Crippen LogP contribution in [-0.4, -0.2) is 22.0 Å². The second kappa shape index (κ2) is 5.48. The zero-order valence-corrected chi connectivity index (χ0v) is 10.6. The zero-order chi connectivity index (χ0) is 14.7. The second-order valence-electron chi connectivity index (χ2n) is 4.12. The number of nitrogens with one attached hydrogen (secondary N) is 1. The number of anilines is 1. The minimum absolute atomic E-state index is 0.169. The number of carbonyl (C=O) groups excluding carboxylic acids is 1. The molecule has 0 bridgehead atoms. The molecule has 0 unspecified atom stereocenters. The van der Waals surface area contributed by atoms with E-state index in [9.17, 15) is 14.0 Å². The molecule has 2 aromatic rings. The van der Waals surface area contributed by atoms with Crippen molar-refractivity contribution in [2.75, 3.05) is 5.32 Å². The Morgan fingerprint density at radius 1 is 1.30 bits per heavy atom. The summed E-state index contributed by atoms with van der Waals surface area (Å²) in [5, 5.41) is 11.2. The molecule has 102 valence electrons. The number of benzene rings is 1. The lowest BCUT2D eigenvalue weighted by atomic mass is 10.1. The van der Waals surface area contributed by atoms with Gasteiger partial charge in [-0.05, 0) is 36.8 Å². The van der Waals surface area contributed by atoms with Crippen LogP contribution in [0.15, 0.2) is 36.5 Å². The van der Waals surface area contributed by atoms with Crippen molar-refractivity contribution in [3.05, 3.63) is 59.2 Å². The number of nitrogens with zero attached hydrogens (tertiary/aromatic N) is 1. The molecule has 0 aliphatic heterocycles. The number of rotatable bonds is 3. The van der Waals surface area contributed by atoms with Gasteiger partial charge in [0.05, 0.1) is 5.56 Å². The molecule has 20 heavy (non-hydrogen) atoms. The van der Waals surface area contributed by atoms with Crippen molar-refractivity contribution in [2.24, 2.45) is 0 Å². The number of aromatic carboxylic acids is 1. The highest BCUT2D eigenvalue weighted by atomic mass is 19.1. The molecular weight excluding hydrogens is 263 g/mol. The van der Waals surface area contributed by atoms with Crippen LogP contribution in [-0.2, 0) is 0 Å². The van der Waals surface area contributed by atoms with E-state index in [2.05, 4.69) is 10.3 Å². The molecule has 0 aliphatic rings. The average Bonchev–Trinajstić information content (AvgIpc) is 2.38. The van der Waals surface area contributed by atoms with Crippen LogP contribution in [0, 0.1) is 12.7 Å². The maximum Gasteiger partial charge on any atom is 0.338 e. The van der Waals surface area contributed by atoms with Crippen LogP contribution in [0.2, 0.25) is 0 Å². The summed E-state index contributed by atoms with van der Waals surface area (Å²) in [6, 6.07) is 6.81. The third-order valence-corrected chi connectivity index (χ3v) is 2.68. The number of amides is 1. The fourth-order valence-electron chi connectivity index (χ4n) is 1.68. The second-order valence-corrected chi connectivity index (χ2v) is 4.12. The van der Waals surface area contributed by atoms with Gasteiger partial charge in [0.1, 0.15) is 11.5 Å². The van der Waals surface area contributed by atoms with Gasteiger partial charge in [-0.2, -0.15) is 0 Å². The molecule has 5 nitrogen and oxygen atoms in total. The van der Waals surface area contributed by atoms with Gasteiger partial charge in [0.25, 0.3) is 5.91 Å². The molecule has 1 aromatic heterocycles. The van der Waals surface area contributed by atoms with E-state index in [1.54, 1.807) is 19.1 Å². The smallest absolute Gasteiger partial charge is 0.338 e. The van der Waals surface area contributed by atoms with E-state index >= 15 is 0 Å². The van der Waals surface area contributed by atoms with Crippen LogP contribution in [0.5, 0.6) is 0 Å². The van der Waals surface area contributed by atoms with Gasteiger partial charge in [-0.15, -0.1) is 0 Å². The standard InChI is InChI=1S/C14H11FN2O3/c1-8-3-2-6-16-12(8)13(18)17-9-4-5-10(14(19)20)11(15)7-9/h2-7H,1H3,(H,17,18)(H,19,20). The first-order chi connectivity index (χ1) is 9.49. The van der Waals surface area contributed by atoms with Crippen LogP contribution < -0.4 is 5.32 Å². The molecule has 0 aliphatic carbocycles. The zero-order valence-electron chi connectivity index (χ0n) is 10.6. The van der Waals surface area contributed by atoms with Gasteiger partial charge in [0.2, 0.25) is 0 Å². The number of carboxylic acids is 1. The monoisotopic (exact) mass is 274 g/mol. The van der Waals surface area contributed by atoms with Crippen LogP contribution in [0.25, 0.3) is 0 Å². The molecule has 0 saturated carbocycles. The number of aromatic nitrogens is 1. The number of carboxylic acid groups (broad SMARTS) is 1. The lowest BCUT2D eigenvalue weighted by Gasteiger charge is -2.07. The summed E-state index contributed by atoms with van der Waals surface area (Å²) in [6.45, 7) is 1.73. The van der Waals surface area contributed by atoms with Gasteiger partial charge in [-0.25, -0.2) is 9.18 Å². The van der Waals surface area contributed by atoms with Gasteiger partial charge in [-0.3, -0.25) is 9.78 Å². The van der Waals surface area contributed by atoms with Crippen molar-refractivity contribution in [3.63, 3.8) is 0 Å². The van der Waals surface area contributed by atoms with Crippen molar-refractivity contribution in [1.82, 2.24) is 4.98 Å². The molecule has 0 radical (unpaired) electrons. The number of halogens is 1. The van der Waals surface area contributed by atoms with Crippen LogP contribution in [0.4, 0.5) is 10.1 Å². The Morgan fingerprint density at radius 3 is 2.65 bits per heavy atom. The van der Waals surface area contributed by atoms with E-state index in [0.29, 0.717) is 5.56 Å². The summed E-state index contributed by atoms with van der Waals surface area (Å²) in [6.07, 6.45) is 1.48. The fraction of sp³-hybridized carbons (Fsp3) is 0.0714. The van der Waals surface area contributed by atoms with Gasteiger partial charge >= 0.3 is 5.97 Å². The predicted molar refractivity (Wildman–Crippen MR) is 70.3 cm³/mol. The Kier molecular flexibility index (Phi) is 3.74. The Hall–Kier alpha value is -2.76. The average molecular weight is 274 g/mol. The van der Waals surface area contributed by atoms with Crippen LogP contribution in [0.3, 0.4) is 0 Å². The minimum atomic E-state index is -1.36. The summed E-state index contributed by atoms with van der Waals surface area (Å²) in [7, 11) is 0. The van der Waals surface area contributed by atoms with Crippen molar-refractivity contribution >= 4 is 17.6 Å². The summed E-state index contributed by atoms with van der Waals surface area (Å²) >= 11 is 0. The van der Waals surface area contributed by atoms with E-state index < -0.39 is 23.3 Å². The molecule has 0 spiro atoms. The molecule has 1 amide bonds. The molecule has 2 N–H and O–H groups in total. The van der Waals surface area contributed by atoms with Gasteiger partial charge in [-0.1, -0.05) is 6.07 Å². The maximum absolute atomic E-state index is 13.5. The number of hydrogen-bond donors (Lipinski definition) is 2. The van der Waals surface area contributed by atoms with E-state index in [0.717, 1.165) is 12.1 Å². The van der Waals surface area contributed by atoms with E-state index in [-0.39, 0.29) is 11.4 Å². The van der Waals surface area contributed by atoms with Crippen LogP contribution in [0.1, 0.15) is 26.4 Å². The normalized spacial score (nSPS) is 10.1. The maximum atomic E-state index is 13.5. The van der Waals surface area contributed by atoms with Crippen molar-refractivity contribution in [1.29, 1.82) is 0 Å². The van der Waals surface area contributed by atoms with E-state index in [4.69, 9.17) is 5.11 Å². The van der Waals surface area contributed by atoms with Gasteiger partial charge in [0.15, 0.2) is 0 Å². The highest BCUT2D eigenvalue weighted by molar-refractivity contribution is 6.04. The van der Waals surface area contributed by atoms with E-state index in [1.807, 2.05) is 0 Å². The number of carbonyl (C=O) groups is 2. The highest BCUT2D eigenvalue weighted by Gasteiger charge is 2.13. The lowest BCUT2D eigenvalue weighted by molar-refractivity contribution is 0.0692. The SMILES string of the molecule is Cc1cccnc1C(=O)Nc1ccc(C(=O)O)c(F)c1. The Balaban J connectivity index is 2.23. The molecule has 0 atom stereocenters. The van der Waals surface area contributed by atoms with Crippen LogP contribution >= 0.6 is 0 Å². The third-order valence-electron chi connectivity index (χ3n) is 2.68. The number of aryl methyl sites for hydroxylation is 1. The first kappa shape index (κ1) is 13.7. The van der Waals surface area contributed by atoms with Gasteiger partial charge in [0, 0.05) is 11.9 Å². The van der Waals surface area contributed by atoms with Crippen molar-refractivity contribution in [2.45, 2.75) is 6.92 Å². The number of pyridine rings is 1. The summed E-state index contributed by atoms with van der Waals surface area (Å²) in [4.78, 5) is 26.6. The molecule has 0 fully saturated rings. The third kappa shape index (κ3) is 2.80. The topological polar surface area (TPSA) is 79.3 Å². The lowest BCUT2D eigenvalue weighted by Crippen LogP contribution is -2.15. The number of hydrogen-bond acceptors (Lipinski definition) is 3. The fourth-order valence-corrected chi connectivity index (χ4v) is 1.68. The first-order valence-corrected chi connectivity index (χ1v) is 5.75. The Bertz CT molecular complexity index is 686. The molecule has 0 saturated heterocycles. The van der Waals surface area contributed by atoms with Crippen molar-refractivity contribution in [3.8, 4) is 0 Å². The summed E-state index contributed by atoms with van der Waals surface area (Å²) in [5.74, 6) is -2.75. The quantitative estimate of drug-likeness (QED) is 0.901. The first-order valence-electron chi connectivity index (χ1n) is 5.75. The Morgan fingerprint density at radius 2 is 2.05 bits per heavy atom. The predicted octanol–water partition coefficient (Wildman–Crippen LogP) is 2.48. The molecule has 2 rings (SSSR count).